The fourth-order valence-corrected chi connectivity index (χ4v) is 4.38. The number of rotatable bonds is 7. The van der Waals surface area contributed by atoms with E-state index in [9.17, 15) is 9.59 Å². The van der Waals surface area contributed by atoms with Crippen LogP contribution in [0.5, 0.6) is 5.75 Å². The van der Waals surface area contributed by atoms with E-state index in [0.717, 1.165) is 16.6 Å². The third-order valence-electron chi connectivity index (χ3n) is 5.54. The van der Waals surface area contributed by atoms with Gasteiger partial charge in [0.2, 0.25) is 0 Å². The molecule has 0 radical (unpaired) electrons. The maximum Gasteiger partial charge on any atom is 0.338 e. The summed E-state index contributed by atoms with van der Waals surface area (Å²) in [4.78, 5) is 37.6. The lowest BCUT2D eigenvalue weighted by molar-refractivity contribution is -0.123. The minimum absolute atomic E-state index is 0.318. The van der Waals surface area contributed by atoms with E-state index in [1.807, 2.05) is 60.0 Å². The van der Waals surface area contributed by atoms with Gasteiger partial charge in [0, 0.05) is 16.5 Å². The van der Waals surface area contributed by atoms with Gasteiger partial charge in [-0.05, 0) is 37.3 Å². The Morgan fingerprint density at radius 2 is 1.78 bits per heavy atom. The summed E-state index contributed by atoms with van der Waals surface area (Å²) < 4.78 is 10.8. The Morgan fingerprint density at radius 3 is 2.58 bits per heavy atom. The molecule has 1 atom stereocenters. The number of benzene rings is 3. The molecule has 9 heteroatoms. The summed E-state index contributed by atoms with van der Waals surface area (Å²) in [5, 5.41) is 4.94. The van der Waals surface area contributed by atoms with Gasteiger partial charge in [-0.2, -0.15) is 0 Å². The Bertz CT molecular complexity index is 1540. The summed E-state index contributed by atoms with van der Waals surface area (Å²) in [6, 6.07) is 22.3. The number of esters is 1. The van der Waals surface area contributed by atoms with Crippen molar-refractivity contribution in [1.29, 1.82) is 0 Å². The van der Waals surface area contributed by atoms with Gasteiger partial charge >= 0.3 is 5.97 Å². The Balaban J connectivity index is 1.25. The van der Waals surface area contributed by atoms with Crippen LogP contribution in [-0.4, -0.2) is 40.0 Å². The highest BCUT2D eigenvalue weighted by molar-refractivity contribution is 7.14. The van der Waals surface area contributed by atoms with Crippen LogP contribution in [0.3, 0.4) is 0 Å². The van der Waals surface area contributed by atoms with E-state index in [1.54, 1.807) is 25.3 Å². The highest BCUT2D eigenvalue weighted by atomic mass is 32.1. The molecule has 2 N–H and O–H groups in total. The maximum atomic E-state index is 12.7. The molecule has 180 valence electrons. The van der Waals surface area contributed by atoms with Crippen molar-refractivity contribution < 1.29 is 19.1 Å². The SMILES string of the molecule is COc1ccccc1-c1csc(NC(=O)C(C)OC(=O)c2ccc3nc(-c4ccccc4)[nH]c3c2)n1. The summed E-state index contributed by atoms with van der Waals surface area (Å²) >= 11 is 1.28. The molecular formula is C27H22N4O4S. The van der Waals surface area contributed by atoms with Crippen molar-refractivity contribution in [2.24, 2.45) is 0 Å². The highest BCUT2D eigenvalue weighted by Crippen LogP contribution is 2.32. The number of hydrogen-bond donors (Lipinski definition) is 2. The number of para-hydroxylation sites is 1. The molecular weight excluding hydrogens is 476 g/mol. The molecule has 5 aromatic rings. The van der Waals surface area contributed by atoms with E-state index in [1.165, 1.54) is 18.3 Å². The van der Waals surface area contributed by atoms with E-state index in [0.29, 0.717) is 33.5 Å². The molecule has 0 fully saturated rings. The monoisotopic (exact) mass is 498 g/mol. The van der Waals surface area contributed by atoms with Crippen LogP contribution in [0.4, 0.5) is 5.13 Å². The molecule has 0 aliphatic carbocycles. The molecule has 36 heavy (non-hydrogen) atoms. The number of carbonyl (C=O) groups excluding carboxylic acids is 2. The second-order valence-corrected chi connectivity index (χ2v) is 8.82. The number of H-pyrrole nitrogens is 1. The molecule has 5 rings (SSSR count). The van der Waals surface area contributed by atoms with Crippen LogP contribution in [0.15, 0.2) is 78.2 Å². The lowest BCUT2D eigenvalue weighted by Crippen LogP contribution is -2.30. The normalized spacial score (nSPS) is 11.7. The third kappa shape index (κ3) is 4.82. The predicted octanol–water partition coefficient (Wildman–Crippen LogP) is 5.55. The third-order valence-corrected chi connectivity index (χ3v) is 6.29. The van der Waals surface area contributed by atoms with Crippen molar-refractivity contribution in [3.8, 4) is 28.4 Å². The van der Waals surface area contributed by atoms with Gasteiger partial charge in [-0.3, -0.25) is 10.1 Å². The number of aromatic nitrogens is 3. The number of nitrogens with one attached hydrogen (secondary N) is 2. The Hall–Kier alpha value is -4.50. The van der Waals surface area contributed by atoms with Gasteiger partial charge in [-0.15, -0.1) is 11.3 Å². The van der Waals surface area contributed by atoms with Crippen LogP contribution in [0.25, 0.3) is 33.7 Å². The van der Waals surface area contributed by atoms with Crippen molar-refractivity contribution in [3.63, 3.8) is 0 Å². The van der Waals surface area contributed by atoms with Gasteiger partial charge in [0.05, 0.1) is 29.4 Å². The highest BCUT2D eigenvalue weighted by Gasteiger charge is 2.21. The first kappa shape index (κ1) is 23.3. The quantitative estimate of drug-likeness (QED) is 0.285. The molecule has 0 saturated carbocycles. The van der Waals surface area contributed by atoms with Crippen molar-refractivity contribution in [3.05, 3.63) is 83.7 Å². The van der Waals surface area contributed by atoms with Crippen molar-refractivity contribution in [2.45, 2.75) is 13.0 Å². The first-order valence-corrected chi connectivity index (χ1v) is 12.1. The molecule has 1 amide bonds. The van der Waals surface area contributed by atoms with E-state index in [2.05, 4.69) is 20.3 Å². The number of ether oxygens (including phenoxy) is 2. The average Bonchev–Trinajstić information content (AvgIpc) is 3.55. The average molecular weight is 499 g/mol. The van der Waals surface area contributed by atoms with Gasteiger partial charge in [-0.25, -0.2) is 14.8 Å². The van der Waals surface area contributed by atoms with Gasteiger partial charge in [0.1, 0.15) is 11.6 Å². The van der Waals surface area contributed by atoms with Crippen LogP contribution in [0.2, 0.25) is 0 Å². The summed E-state index contributed by atoms with van der Waals surface area (Å²) in [6.45, 7) is 1.52. The molecule has 0 saturated heterocycles. The fourth-order valence-electron chi connectivity index (χ4n) is 3.67. The number of amides is 1. The number of nitrogens with zero attached hydrogens (tertiary/aromatic N) is 2. The zero-order valence-electron chi connectivity index (χ0n) is 19.5. The van der Waals surface area contributed by atoms with E-state index in [-0.39, 0.29) is 0 Å². The van der Waals surface area contributed by atoms with Gasteiger partial charge in [0.25, 0.3) is 5.91 Å². The maximum absolute atomic E-state index is 12.7. The smallest absolute Gasteiger partial charge is 0.338 e. The van der Waals surface area contributed by atoms with Gasteiger partial charge in [0.15, 0.2) is 11.2 Å². The number of anilines is 1. The minimum atomic E-state index is -1.02. The number of imidazole rings is 1. The van der Waals surface area contributed by atoms with E-state index < -0.39 is 18.0 Å². The fraction of sp³-hybridized carbons (Fsp3) is 0.111. The topological polar surface area (TPSA) is 106 Å². The largest absolute Gasteiger partial charge is 0.496 e. The number of carbonyl (C=O) groups is 2. The standard InChI is InChI=1S/C27H22N4O4S/c1-16(25(32)31-27-30-22(15-36-27)19-10-6-7-11-23(19)34-2)35-26(33)18-12-13-20-21(14-18)29-24(28-20)17-8-4-3-5-9-17/h3-16H,1-2H3,(H,28,29)(H,30,31,32). The molecule has 2 aromatic heterocycles. The molecule has 0 aliphatic heterocycles. The summed E-state index contributed by atoms with van der Waals surface area (Å²) in [5.74, 6) is 0.315. The predicted molar refractivity (Wildman–Crippen MR) is 139 cm³/mol. The summed E-state index contributed by atoms with van der Waals surface area (Å²) in [7, 11) is 1.59. The number of methoxy groups -OCH3 is 1. The molecule has 8 nitrogen and oxygen atoms in total. The minimum Gasteiger partial charge on any atom is -0.496 e. The van der Waals surface area contributed by atoms with Gasteiger partial charge in [-0.1, -0.05) is 42.5 Å². The second kappa shape index (κ2) is 10.0. The van der Waals surface area contributed by atoms with Crippen molar-refractivity contribution >= 4 is 39.4 Å². The molecule has 0 spiro atoms. The van der Waals surface area contributed by atoms with Crippen LogP contribution in [0, 0.1) is 0 Å². The lowest BCUT2D eigenvalue weighted by atomic mass is 10.1. The molecule has 0 bridgehead atoms. The first-order chi connectivity index (χ1) is 17.5. The number of hydrogen-bond acceptors (Lipinski definition) is 7. The first-order valence-electron chi connectivity index (χ1n) is 11.2. The summed E-state index contributed by atoms with van der Waals surface area (Å²) in [5.41, 5.74) is 4.19. The van der Waals surface area contributed by atoms with E-state index >= 15 is 0 Å². The molecule has 0 aliphatic rings. The Kier molecular flexibility index (Phi) is 6.46. The van der Waals surface area contributed by atoms with Crippen molar-refractivity contribution in [2.75, 3.05) is 12.4 Å². The zero-order chi connectivity index (χ0) is 25.1. The number of thiazole rings is 1. The van der Waals surface area contributed by atoms with Crippen LogP contribution in [0.1, 0.15) is 17.3 Å². The zero-order valence-corrected chi connectivity index (χ0v) is 20.3. The molecule has 2 heterocycles. The molecule has 1 unspecified atom stereocenters. The Morgan fingerprint density at radius 1 is 1.00 bits per heavy atom. The van der Waals surface area contributed by atoms with Gasteiger partial charge < -0.3 is 14.5 Å². The second-order valence-electron chi connectivity index (χ2n) is 7.96. The number of aromatic amines is 1. The van der Waals surface area contributed by atoms with Crippen LogP contribution >= 0.6 is 11.3 Å². The van der Waals surface area contributed by atoms with Crippen LogP contribution in [-0.2, 0) is 9.53 Å². The van der Waals surface area contributed by atoms with E-state index in [4.69, 9.17) is 9.47 Å². The lowest BCUT2D eigenvalue weighted by Gasteiger charge is -2.12. The van der Waals surface area contributed by atoms with Crippen molar-refractivity contribution in [1.82, 2.24) is 15.0 Å². The Labute approximate surface area is 210 Å². The number of fused-ring (bicyclic) bond motifs is 1. The molecule has 3 aromatic carbocycles. The summed E-state index contributed by atoms with van der Waals surface area (Å²) in [6.07, 6.45) is -1.02. The van der Waals surface area contributed by atoms with Crippen LogP contribution < -0.4 is 10.1 Å².